The van der Waals surface area contributed by atoms with E-state index in [0.717, 1.165) is 0 Å². The molecule has 1 aliphatic carbocycles. The molecule has 0 aromatic heterocycles. The molecule has 1 aliphatic rings. The Morgan fingerprint density at radius 2 is 1.93 bits per heavy atom. The summed E-state index contributed by atoms with van der Waals surface area (Å²) in [6.45, 7) is 0. The fraction of sp³-hybridized carbons (Fsp3) is 0.538. The van der Waals surface area contributed by atoms with Crippen molar-refractivity contribution in [2.75, 3.05) is 7.11 Å². The fourth-order valence-electron chi connectivity index (χ4n) is 2.38. The monoisotopic (exact) mass is 206 g/mol. The minimum absolute atomic E-state index is 0.233. The molecule has 1 aromatic carbocycles. The van der Waals surface area contributed by atoms with Crippen molar-refractivity contribution in [3.8, 4) is 11.5 Å². The van der Waals surface area contributed by atoms with Gasteiger partial charge in [0.15, 0.2) is 11.5 Å². The lowest BCUT2D eigenvalue weighted by molar-refractivity contribution is 0.371. The van der Waals surface area contributed by atoms with Gasteiger partial charge in [-0.1, -0.05) is 25.3 Å². The first-order valence-corrected chi connectivity index (χ1v) is 5.68. The van der Waals surface area contributed by atoms with Gasteiger partial charge < -0.3 is 9.84 Å². The molecule has 0 unspecified atom stereocenters. The average Bonchev–Trinajstić information content (AvgIpc) is 2.31. The predicted molar refractivity (Wildman–Crippen MR) is 60.5 cm³/mol. The maximum absolute atomic E-state index is 9.51. The Kier molecular flexibility index (Phi) is 3.14. The first kappa shape index (κ1) is 10.3. The van der Waals surface area contributed by atoms with E-state index in [4.69, 9.17) is 4.74 Å². The molecule has 0 heterocycles. The van der Waals surface area contributed by atoms with E-state index in [1.165, 1.54) is 37.7 Å². The third-order valence-corrected chi connectivity index (χ3v) is 3.28. The van der Waals surface area contributed by atoms with Gasteiger partial charge in [0.05, 0.1) is 7.11 Å². The van der Waals surface area contributed by atoms with Crippen LogP contribution in [0.4, 0.5) is 0 Å². The van der Waals surface area contributed by atoms with Gasteiger partial charge in [-0.05, 0) is 36.5 Å². The molecule has 2 nitrogen and oxygen atoms in total. The third-order valence-electron chi connectivity index (χ3n) is 3.28. The van der Waals surface area contributed by atoms with Crippen LogP contribution in [-0.4, -0.2) is 12.2 Å². The lowest BCUT2D eigenvalue weighted by Crippen LogP contribution is -2.04. The summed E-state index contributed by atoms with van der Waals surface area (Å²) in [5, 5.41) is 9.51. The summed E-state index contributed by atoms with van der Waals surface area (Å²) in [6, 6.07) is 5.74. The molecule has 2 heteroatoms. The third kappa shape index (κ3) is 2.25. The Labute approximate surface area is 90.9 Å². The van der Waals surface area contributed by atoms with Crippen LogP contribution in [0.15, 0.2) is 18.2 Å². The second-order valence-electron chi connectivity index (χ2n) is 4.27. The first-order valence-electron chi connectivity index (χ1n) is 5.68. The van der Waals surface area contributed by atoms with E-state index < -0.39 is 0 Å². The van der Waals surface area contributed by atoms with Crippen LogP contribution in [0.3, 0.4) is 0 Å². The molecule has 1 N–H and O–H groups in total. The minimum atomic E-state index is 0.233. The van der Waals surface area contributed by atoms with E-state index >= 15 is 0 Å². The zero-order valence-corrected chi connectivity index (χ0v) is 9.20. The van der Waals surface area contributed by atoms with Crippen LogP contribution in [0.2, 0.25) is 0 Å². The highest BCUT2D eigenvalue weighted by Gasteiger charge is 2.16. The summed E-state index contributed by atoms with van der Waals surface area (Å²) < 4.78 is 5.13. The first-order chi connectivity index (χ1) is 7.31. The topological polar surface area (TPSA) is 29.5 Å². The maximum Gasteiger partial charge on any atom is 0.160 e. The Morgan fingerprint density at radius 1 is 1.20 bits per heavy atom. The standard InChI is InChI=1S/C13H18O2/c1-15-13-9-11(7-8-12(13)14)10-5-3-2-4-6-10/h7-10,14H,2-6H2,1H3. The van der Waals surface area contributed by atoms with Crippen molar-refractivity contribution in [3.05, 3.63) is 23.8 Å². The van der Waals surface area contributed by atoms with Crippen molar-refractivity contribution in [3.63, 3.8) is 0 Å². The number of phenolic OH excluding ortho intramolecular Hbond substituents is 1. The van der Waals surface area contributed by atoms with Gasteiger partial charge in [0.1, 0.15) is 0 Å². The Balaban J connectivity index is 2.20. The Morgan fingerprint density at radius 3 is 2.60 bits per heavy atom. The lowest BCUT2D eigenvalue weighted by atomic mass is 9.84. The van der Waals surface area contributed by atoms with Gasteiger partial charge in [-0.15, -0.1) is 0 Å². The number of aromatic hydroxyl groups is 1. The normalized spacial score (nSPS) is 17.7. The smallest absolute Gasteiger partial charge is 0.160 e. The molecule has 1 aromatic rings. The van der Waals surface area contributed by atoms with Crippen LogP contribution in [-0.2, 0) is 0 Å². The Bertz CT molecular complexity index is 327. The van der Waals surface area contributed by atoms with Crippen LogP contribution in [0.1, 0.15) is 43.6 Å². The molecular formula is C13H18O2. The van der Waals surface area contributed by atoms with Crippen molar-refractivity contribution >= 4 is 0 Å². The zero-order chi connectivity index (χ0) is 10.7. The van der Waals surface area contributed by atoms with Crippen molar-refractivity contribution in [1.82, 2.24) is 0 Å². The largest absolute Gasteiger partial charge is 0.504 e. The summed E-state index contributed by atoms with van der Waals surface area (Å²) in [6.07, 6.45) is 6.56. The number of hydrogen-bond acceptors (Lipinski definition) is 2. The number of ether oxygens (including phenoxy) is 1. The second-order valence-corrected chi connectivity index (χ2v) is 4.27. The highest BCUT2D eigenvalue weighted by molar-refractivity contribution is 5.42. The number of rotatable bonds is 2. The van der Waals surface area contributed by atoms with Crippen molar-refractivity contribution in [1.29, 1.82) is 0 Å². The molecule has 82 valence electrons. The van der Waals surface area contributed by atoms with Gasteiger partial charge in [-0.25, -0.2) is 0 Å². The highest BCUT2D eigenvalue weighted by Crippen LogP contribution is 2.36. The van der Waals surface area contributed by atoms with Crippen molar-refractivity contribution in [2.24, 2.45) is 0 Å². The van der Waals surface area contributed by atoms with E-state index in [1.807, 2.05) is 12.1 Å². The number of phenols is 1. The summed E-state index contributed by atoms with van der Waals surface area (Å²) in [5.74, 6) is 1.49. The SMILES string of the molecule is COc1cc(C2CCCCC2)ccc1O. The van der Waals surface area contributed by atoms with Crippen molar-refractivity contribution < 1.29 is 9.84 Å². The molecule has 0 amide bonds. The highest BCUT2D eigenvalue weighted by atomic mass is 16.5. The van der Waals surface area contributed by atoms with Gasteiger partial charge in [-0.3, -0.25) is 0 Å². The molecule has 2 rings (SSSR count). The van der Waals surface area contributed by atoms with Crippen LogP contribution in [0.5, 0.6) is 11.5 Å². The molecule has 0 saturated heterocycles. The summed E-state index contributed by atoms with van der Waals surface area (Å²) in [4.78, 5) is 0. The lowest BCUT2D eigenvalue weighted by Gasteiger charge is -2.22. The maximum atomic E-state index is 9.51. The van der Waals surface area contributed by atoms with Gasteiger partial charge in [0.25, 0.3) is 0 Å². The summed E-state index contributed by atoms with van der Waals surface area (Å²) >= 11 is 0. The predicted octanol–water partition coefficient (Wildman–Crippen LogP) is 3.45. The van der Waals surface area contributed by atoms with E-state index in [0.29, 0.717) is 11.7 Å². The molecular weight excluding hydrogens is 188 g/mol. The van der Waals surface area contributed by atoms with Gasteiger partial charge in [0, 0.05) is 0 Å². The summed E-state index contributed by atoms with van der Waals surface area (Å²) in [7, 11) is 1.60. The zero-order valence-electron chi connectivity index (χ0n) is 9.20. The van der Waals surface area contributed by atoms with Crippen LogP contribution < -0.4 is 4.74 Å². The van der Waals surface area contributed by atoms with Gasteiger partial charge >= 0.3 is 0 Å². The fourth-order valence-corrected chi connectivity index (χ4v) is 2.38. The van der Waals surface area contributed by atoms with Crippen LogP contribution in [0, 0.1) is 0 Å². The van der Waals surface area contributed by atoms with Crippen molar-refractivity contribution in [2.45, 2.75) is 38.0 Å². The Hall–Kier alpha value is -1.18. The average molecular weight is 206 g/mol. The van der Waals surface area contributed by atoms with Gasteiger partial charge in [0.2, 0.25) is 0 Å². The van der Waals surface area contributed by atoms with E-state index in [-0.39, 0.29) is 5.75 Å². The molecule has 0 aliphatic heterocycles. The molecule has 0 atom stereocenters. The van der Waals surface area contributed by atoms with E-state index in [1.54, 1.807) is 13.2 Å². The molecule has 0 spiro atoms. The van der Waals surface area contributed by atoms with Gasteiger partial charge in [-0.2, -0.15) is 0 Å². The molecule has 1 fully saturated rings. The molecule has 15 heavy (non-hydrogen) atoms. The number of hydrogen-bond donors (Lipinski definition) is 1. The quantitative estimate of drug-likeness (QED) is 0.803. The summed E-state index contributed by atoms with van der Waals surface area (Å²) in [5.41, 5.74) is 1.31. The number of methoxy groups -OCH3 is 1. The van der Waals surface area contributed by atoms with Crippen LogP contribution in [0.25, 0.3) is 0 Å². The van der Waals surface area contributed by atoms with E-state index in [2.05, 4.69) is 0 Å². The number of benzene rings is 1. The second kappa shape index (κ2) is 4.56. The molecule has 1 saturated carbocycles. The van der Waals surface area contributed by atoms with Crippen LogP contribution >= 0.6 is 0 Å². The molecule has 0 bridgehead atoms. The van der Waals surface area contributed by atoms with E-state index in [9.17, 15) is 5.11 Å². The minimum Gasteiger partial charge on any atom is -0.504 e. The molecule has 0 radical (unpaired) electrons.